The van der Waals surface area contributed by atoms with Crippen LogP contribution in [-0.2, 0) is 4.74 Å². The van der Waals surface area contributed by atoms with Crippen LogP contribution in [0.4, 0.5) is 5.82 Å². The molecule has 1 aromatic heterocycles. The Hall–Kier alpha value is -2.40. The lowest BCUT2D eigenvalue weighted by Gasteiger charge is -2.06. The Kier molecular flexibility index (Phi) is 4.32. The van der Waals surface area contributed by atoms with Gasteiger partial charge < -0.3 is 10.1 Å². The molecule has 0 bridgehead atoms. The van der Waals surface area contributed by atoms with Crippen molar-refractivity contribution >= 4 is 29.3 Å². The number of benzene rings is 1. The van der Waals surface area contributed by atoms with E-state index in [-0.39, 0.29) is 5.91 Å². The Morgan fingerprint density at radius 1 is 1.20 bits per heavy atom. The quantitative estimate of drug-likeness (QED) is 0.883. The lowest BCUT2D eigenvalue weighted by molar-refractivity contribution is 0.0600. The van der Waals surface area contributed by atoms with E-state index in [0.717, 1.165) is 0 Å². The minimum atomic E-state index is -0.485. The first-order valence-electron chi connectivity index (χ1n) is 5.72. The van der Waals surface area contributed by atoms with Crippen molar-refractivity contribution in [3.05, 3.63) is 58.7 Å². The number of carbonyl (C=O) groups is 2. The molecule has 0 aliphatic heterocycles. The fraction of sp³-hybridized carbons (Fsp3) is 0.0714. The summed E-state index contributed by atoms with van der Waals surface area (Å²) in [4.78, 5) is 27.2. The number of rotatable bonds is 3. The lowest BCUT2D eigenvalue weighted by atomic mass is 10.2. The molecule has 6 heteroatoms. The molecule has 0 atom stereocenters. The summed E-state index contributed by atoms with van der Waals surface area (Å²) in [5, 5.41) is 2.95. The molecule has 5 nitrogen and oxygen atoms in total. The van der Waals surface area contributed by atoms with E-state index in [0.29, 0.717) is 22.0 Å². The van der Waals surface area contributed by atoms with Gasteiger partial charge in [-0.15, -0.1) is 0 Å². The van der Waals surface area contributed by atoms with Crippen molar-refractivity contribution in [1.29, 1.82) is 0 Å². The second-order valence-electron chi connectivity index (χ2n) is 3.86. The molecule has 0 unspecified atom stereocenters. The molecule has 1 N–H and O–H groups in total. The smallest absolute Gasteiger partial charge is 0.339 e. The minimum Gasteiger partial charge on any atom is -0.465 e. The summed E-state index contributed by atoms with van der Waals surface area (Å²) >= 11 is 5.93. The first kappa shape index (κ1) is 14.0. The van der Waals surface area contributed by atoms with Gasteiger partial charge in [0.15, 0.2) is 0 Å². The molecule has 1 amide bonds. The number of hydrogen-bond donors (Lipinski definition) is 1. The molecular formula is C14H11ClN2O3. The molecule has 102 valence electrons. The van der Waals surface area contributed by atoms with Crippen LogP contribution in [0, 0.1) is 0 Å². The summed E-state index contributed by atoms with van der Waals surface area (Å²) in [6, 6.07) is 9.73. The Labute approximate surface area is 120 Å². The molecule has 20 heavy (non-hydrogen) atoms. The SMILES string of the molecule is COC(=O)c1ccc(NC(=O)c2ccccc2Cl)nc1. The Bertz CT molecular complexity index is 641. The summed E-state index contributed by atoms with van der Waals surface area (Å²) in [6.07, 6.45) is 1.33. The van der Waals surface area contributed by atoms with Crippen molar-refractivity contribution in [2.45, 2.75) is 0 Å². The summed E-state index contributed by atoms with van der Waals surface area (Å²) in [6.45, 7) is 0. The van der Waals surface area contributed by atoms with Gasteiger partial charge in [-0.25, -0.2) is 9.78 Å². The number of halogens is 1. The van der Waals surface area contributed by atoms with Crippen molar-refractivity contribution in [3.8, 4) is 0 Å². The fourth-order valence-electron chi connectivity index (χ4n) is 1.54. The van der Waals surface area contributed by atoms with Gasteiger partial charge in [0.2, 0.25) is 0 Å². The molecule has 0 spiro atoms. The highest BCUT2D eigenvalue weighted by Crippen LogP contribution is 2.16. The second-order valence-corrected chi connectivity index (χ2v) is 4.26. The lowest BCUT2D eigenvalue weighted by Crippen LogP contribution is -2.13. The maximum Gasteiger partial charge on any atom is 0.339 e. The first-order valence-corrected chi connectivity index (χ1v) is 6.10. The number of hydrogen-bond acceptors (Lipinski definition) is 4. The van der Waals surface area contributed by atoms with Gasteiger partial charge in [-0.3, -0.25) is 4.79 Å². The number of methoxy groups -OCH3 is 1. The van der Waals surface area contributed by atoms with Gasteiger partial charge in [0, 0.05) is 6.20 Å². The second kappa shape index (κ2) is 6.16. The number of aromatic nitrogens is 1. The normalized spacial score (nSPS) is 9.90. The molecule has 0 saturated heterocycles. The number of nitrogens with one attached hydrogen (secondary N) is 1. The highest BCUT2D eigenvalue weighted by atomic mass is 35.5. The zero-order valence-electron chi connectivity index (χ0n) is 10.6. The standard InChI is InChI=1S/C14H11ClN2O3/c1-20-14(19)9-6-7-12(16-8-9)17-13(18)10-4-2-3-5-11(10)15/h2-8H,1H3,(H,16,17,18). The van der Waals surface area contributed by atoms with Crippen molar-refractivity contribution in [2.24, 2.45) is 0 Å². The van der Waals surface area contributed by atoms with Crippen LogP contribution in [0.25, 0.3) is 0 Å². The van der Waals surface area contributed by atoms with Crippen LogP contribution in [0.5, 0.6) is 0 Å². The topological polar surface area (TPSA) is 68.3 Å². The van der Waals surface area contributed by atoms with Gasteiger partial charge in [0.25, 0.3) is 5.91 Å². The summed E-state index contributed by atoms with van der Waals surface area (Å²) in [5.74, 6) is -0.530. The van der Waals surface area contributed by atoms with E-state index in [9.17, 15) is 9.59 Å². The number of anilines is 1. The van der Waals surface area contributed by atoms with Gasteiger partial charge in [-0.2, -0.15) is 0 Å². The zero-order valence-corrected chi connectivity index (χ0v) is 11.3. The Morgan fingerprint density at radius 2 is 1.95 bits per heavy atom. The van der Waals surface area contributed by atoms with Crippen LogP contribution >= 0.6 is 11.6 Å². The van der Waals surface area contributed by atoms with E-state index in [4.69, 9.17) is 11.6 Å². The average molecular weight is 291 g/mol. The molecule has 1 heterocycles. The van der Waals surface area contributed by atoms with Gasteiger partial charge >= 0.3 is 5.97 Å². The molecule has 0 radical (unpaired) electrons. The van der Waals surface area contributed by atoms with Crippen LogP contribution in [0.3, 0.4) is 0 Å². The molecule has 0 saturated carbocycles. The predicted molar refractivity (Wildman–Crippen MR) is 75.0 cm³/mol. The van der Waals surface area contributed by atoms with E-state index < -0.39 is 5.97 Å². The maximum absolute atomic E-state index is 12.0. The van der Waals surface area contributed by atoms with Crippen LogP contribution < -0.4 is 5.32 Å². The number of nitrogens with zero attached hydrogens (tertiary/aromatic N) is 1. The minimum absolute atomic E-state index is 0.309. The third-order valence-corrected chi connectivity index (χ3v) is 2.87. The van der Waals surface area contributed by atoms with Crippen LogP contribution in [0.15, 0.2) is 42.6 Å². The van der Waals surface area contributed by atoms with Gasteiger partial charge in [-0.05, 0) is 24.3 Å². The maximum atomic E-state index is 12.0. The summed E-state index contributed by atoms with van der Waals surface area (Å²) < 4.78 is 4.56. The average Bonchev–Trinajstić information content (AvgIpc) is 2.47. The van der Waals surface area contributed by atoms with Crippen LogP contribution in [0.2, 0.25) is 5.02 Å². The third kappa shape index (κ3) is 3.13. The van der Waals surface area contributed by atoms with Gasteiger partial charge in [-0.1, -0.05) is 23.7 Å². The molecular weight excluding hydrogens is 280 g/mol. The molecule has 0 aliphatic carbocycles. The molecule has 0 aliphatic rings. The molecule has 2 aromatic rings. The zero-order chi connectivity index (χ0) is 14.5. The van der Waals surface area contributed by atoms with E-state index in [1.165, 1.54) is 25.4 Å². The number of amides is 1. The van der Waals surface area contributed by atoms with E-state index in [1.54, 1.807) is 24.3 Å². The first-order chi connectivity index (χ1) is 9.61. The highest BCUT2D eigenvalue weighted by Gasteiger charge is 2.11. The fourth-order valence-corrected chi connectivity index (χ4v) is 1.76. The summed E-state index contributed by atoms with van der Waals surface area (Å²) in [5.41, 5.74) is 0.663. The van der Waals surface area contributed by atoms with Crippen molar-refractivity contribution < 1.29 is 14.3 Å². The van der Waals surface area contributed by atoms with Crippen LogP contribution in [0.1, 0.15) is 20.7 Å². The molecule has 1 aromatic carbocycles. The monoisotopic (exact) mass is 290 g/mol. The molecule has 2 rings (SSSR count). The number of ether oxygens (including phenoxy) is 1. The Balaban J connectivity index is 2.13. The third-order valence-electron chi connectivity index (χ3n) is 2.54. The van der Waals surface area contributed by atoms with Crippen LogP contribution in [-0.4, -0.2) is 24.0 Å². The Morgan fingerprint density at radius 3 is 2.55 bits per heavy atom. The number of carbonyl (C=O) groups excluding carboxylic acids is 2. The van der Waals surface area contributed by atoms with E-state index in [1.807, 2.05) is 0 Å². The largest absolute Gasteiger partial charge is 0.465 e. The van der Waals surface area contributed by atoms with Crippen molar-refractivity contribution in [1.82, 2.24) is 4.98 Å². The van der Waals surface area contributed by atoms with Gasteiger partial charge in [0.1, 0.15) is 5.82 Å². The number of esters is 1. The van der Waals surface area contributed by atoms with Crippen molar-refractivity contribution in [2.75, 3.05) is 12.4 Å². The van der Waals surface area contributed by atoms with E-state index in [2.05, 4.69) is 15.0 Å². The molecule has 0 fully saturated rings. The highest BCUT2D eigenvalue weighted by molar-refractivity contribution is 6.34. The summed E-state index contributed by atoms with van der Waals surface area (Å²) in [7, 11) is 1.29. The number of pyridine rings is 1. The van der Waals surface area contributed by atoms with Crippen molar-refractivity contribution in [3.63, 3.8) is 0 Å². The van der Waals surface area contributed by atoms with Gasteiger partial charge in [0.05, 0.1) is 23.3 Å². The van der Waals surface area contributed by atoms with E-state index >= 15 is 0 Å². The predicted octanol–water partition coefficient (Wildman–Crippen LogP) is 2.77.